The van der Waals surface area contributed by atoms with Crippen LogP contribution in [-0.2, 0) is 32.9 Å². The molecule has 0 amide bonds. The summed E-state index contributed by atoms with van der Waals surface area (Å²) in [7, 11) is -4.31. The van der Waals surface area contributed by atoms with Crippen LogP contribution in [0.3, 0.4) is 0 Å². The molecule has 48 heavy (non-hydrogen) atoms. The van der Waals surface area contributed by atoms with Gasteiger partial charge in [0, 0.05) is 0 Å². The van der Waals surface area contributed by atoms with Gasteiger partial charge in [-0.05, 0) is 59.3 Å². The number of nitrogens with two attached hydrogens (primary N) is 1. The quantitative estimate of drug-likeness (QED) is 0.111. The zero-order valence-electron chi connectivity index (χ0n) is 29.2. The highest BCUT2D eigenvalue weighted by Crippen LogP contribution is 2.45. The highest BCUT2D eigenvalue weighted by atomic mass is 31.2. The molecule has 0 radical (unpaired) electrons. The highest BCUT2D eigenvalue weighted by Gasteiger charge is 2.54. The molecule has 0 aliphatic carbocycles. The first-order valence-electron chi connectivity index (χ1n) is 16.3. The number of hydrogen-bond donors (Lipinski definition) is 5. The summed E-state index contributed by atoms with van der Waals surface area (Å²) in [5.41, 5.74) is 4.45. The number of rotatable bonds is 18. The number of aliphatic hydroxyl groups excluding tert-OH is 1. The SMILES string of the molecule is CCOC(=O)[C@H](CC(C)C)NP(=O)(N[C@@H](CC(C)C)C(=O)OCC)OC[C@H]1O[C@@H](n2cnc3c(OC(C)C)nc(N)nc32)C(C)(O)[C@H]1O. The molecule has 0 spiro atoms. The van der Waals surface area contributed by atoms with Gasteiger partial charge >= 0.3 is 19.6 Å². The Morgan fingerprint density at radius 2 is 1.58 bits per heavy atom. The Balaban J connectivity index is 1.95. The van der Waals surface area contributed by atoms with Gasteiger partial charge in [0.15, 0.2) is 17.4 Å². The van der Waals surface area contributed by atoms with Crippen LogP contribution in [0.2, 0.25) is 0 Å². The molecule has 0 saturated carbocycles. The predicted octanol–water partition coefficient (Wildman–Crippen LogP) is 2.46. The van der Waals surface area contributed by atoms with Crippen molar-refractivity contribution in [1.29, 1.82) is 0 Å². The van der Waals surface area contributed by atoms with Gasteiger partial charge in [-0.25, -0.2) is 15.2 Å². The van der Waals surface area contributed by atoms with Crippen molar-refractivity contribution in [3.8, 4) is 5.88 Å². The maximum atomic E-state index is 14.6. The fourth-order valence-electron chi connectivity index (χ4n) is 5.29. The smallest absolute Gasteiger partial charge is 0.342 e. The summed E-state index contributed by atoms with van der Waals surface area (Å²) in [6.07, 6.45) is -2.48. The Morgan fingerprint density at radius 3 is 2.06 bits per heavy atom. The number of esters is 2. The van der Waals surface area contributed by atoms with Crippen LogP contribution in [0.4, 0.5) is 5.95 Å². The molecule has 1 fully saturated rings. The topological polar surface area (TPSA) is 232 Å². The van der Waals surface area contributed by atoms with Crippen LogP contribution in [0.25, 0.3) is 11.2 Å². The Kier molecular flexibility index (Phi) is 13.7. The Hall–Kier alpha value is -2.92. The Labute approximate surface area is 281 Å². The van der Waals surface area contributed by atoms with E-state index in [9.17, 15) is 24.4 Å². The van der Waals surface area contributed by atoms with Gasteiger partial charge in [0.2, 0.25) is 11.8 Å². The van der Waals surface area contributed by atoms with Crippen LogP contribution < -0.4 is 20.6 Å². The van der Waals surface area contributed by atoms with E-state index in [1.807, 2.05) is 41.5 Å². The predicted molar refractivity (Wildman–Crippen MR) is 176 cm³/mol. The molecule has 2 aromatic heterocycles. The number of carbonyl (C=O) groups is 2. The number of nitrogens with one attached hydrogen (secondary N) is 2. The lowest BCUT2D eigenvalue weighted by atomic mass is 9.96. The Bertz CT molecular complexity index is 1400. The molecule has 1 saturated heterocycles. The summed E-state index contributed by atoms with van der Waals surface area (Å²) in [6.45, 7) is 15.5. The first kappa shape index (κ1) is 39.5. The number of aromatic nitrogens is 4. The maximum absolute atomic E-state index is 14.6. The number of anilines is 1. The summed E-state index contributed by atoms with van der Waals surface area (Å²) in [6, 6.07) is -2.14. The molecule has 6 N–H and O–H groups in total. The van der Waals surface area contributed by atoms with Gasteiger partial charge in [-0.3, -0.25) is 18.7 Å². The lowest BCUT2D eigenvalue weighted by Crippen LogP contribution is -2.47. The third kappa shape index (κ3) is 9.83. The average Bonchev–Trinajstić information content (AvgIpc) is 3.48. The average molecular weight is 702 g/mol. The summed E-state index contributed by atoms with van der Waals surface area (Å²) in [4.78, 5) is 38.6. The van der Waals surface area contributed by atoms with E-state index in [0.29, 0.717) is 0 Å². The van der Waals surface area contributed by atoms with E-state index in [0.717, 1.165) is 0 Å². The third-order valence-corrected chi connectivity index (χ3v) is 9.21. The van der Waals surface area contributed by atoms with E-state index < -0.39 is 62.3 Å². The van der Waals surface area contributed by atoms with E-state index in [2.05, 4.69) is 25.1 Å². The minimum Gasteiger partial charge on any atom is -0.473 e. The number of nitrogens with zero attached hydrogens (tertiary/aromatic N) is 4. The van der Waals surface area contributed by atoms with E-state index in [4.69, 9.17) is 29.2 Å². The largest absolute Gasteiger partial charge is 0.473 e. The maximum Gasteiger partial charge on any atom is 0.342 e. The minimum atomic E-state index is -4.31. The fraction of sp³-hybridized carbons (Fsp3) is 0.767. The van der Waals surface area contributed by atoms with Crippen molar-refractivity contribution in [2.75, 3.05) is 25.6 Å². The van der Waals surface area contributed by atoms with Crippen LogP contribution in [0.1, 0.15) is 81.4 Å². The molecule has 0 aromatic carbocycles. The van der Waals surface area contributed by atoms with Gasteiger partial charge < -0.3 is 39.4 Å². The second-order valence-corrected chi connectivity index (χ2v) is 14.9. The number of imidazole rings is 1. The molecule has 1 aliphatic rings. The summed E-state index contributed by atoms with van der Waals surface area (Å²) in [5, 5.41) is 28.3. The van der Waals surface area contributed by atoms with Crippen LogP contribution >= 0.6 is 7.67 Å². The van der Waals surface area contributed by atoms with Gasteiger partial charge in [0.05, 0.1) is 32.3 Å². The van der Waals surface area contributed by atoms with E-state index in [1.165, 1.54) is 17.8 Å². The second-order valence-electron chi connectivity index (χ2n) is 13.0. The molecule has 18 heteroatoms. The number of carbonyl (C=O) groups excluding carboxylic acids is 2. The summed E-state index contributed by atoms with van der Waals surface area (Å²) >= 11 is 0. The van der Waals surface area contributed by atoms with Crippen molar-refractivity contribution in [3.63, 3.8) is 0 Å². The third-order valence-electron chi connectivity index (χ3n) is 7.39. The molecular weight excluding hydrogens is 649 g/mol. The van der Waals surface area contributed by atoms with Crippen LogP contribution in [0.5, 0.6) is 5.88 Å². The monoisotopic (exact) mass is 701 g/mol. The molecule has 6 atom stereocenters. The van der Waals surface area contributed by atoms with Crippen molar-refractivity contribution in [2.24, 2.45) is 11.8 Å². The van der Waals surface area contributed by atoms with Gasteiger partial charge in [-0.15, -0.1) is 0 Å². The molecular formula is C30H52N7O10P. The van der Waals surface area contributed by atoms with Crippen LogP contribution in [0.15, 0.2) is 6.33 Å². The van der Waals surface area contributed by atoms with Crippen molar-refractivity contribution in [1.82, 2.24) is 29.7 Å². The van der Waals surface area contributed by atoms with Crippen molar-refractivity contribution >= 4 is 36.7 Å². The van der Waals surface area contributed by atoms with Gasteiger partial charge in [-0.1, -0.05) is 27.7 Å². The molecule has 17 nitrogen and oxygen atoms in total. The normalized spacial score (nSPS) is 22.8. The standard InChI is InChI=1S/C30H52N7O10P/c1-10-43-26(39)19(12-16(3)4)35-48(42,36-20(13-17(5)6)27(40)44-11-2)45-14-21-23(38)30(9,41)28(47-21)37-15-32-22-24(37)33-29(31)34-25(22)46-18(7)8/h15-21,23,28,38,41H,10-14H2,1-9H3,(H2,31,33,34)(H2,35,36,42)/t19-,20-,21+,23-,28+,30?/m0/s1. The van der Waals surface area contributed by atoms with Crippen LogP contribution in [0, 0.1) is 11.8 Å². The number of aliphatic hydroxyl groups is 2. The number of fused-ring (bicyclic) bond motifs is 1. The first-order chi connectivity index (χ1) is 22.4. The molecule has 3 heterocycles. The fourth-order valence-corrected chi connectivity index (χ4v) is 7.12. The van der Waals surface area contributed by atoms with Crippen molar-refractivity contribution < 1.29 is 47.8 Å². The Morgan fingerprint density at radius 1 is 1.04 bits per heavy atom. The molecule has 3 rings (SSSR count). The van der Waals surface area contributed by atoms with E-state index in [-0.39, 0.29) is 67.0 Å². The van der Waals surface area contributed by atoms with E-state index >= 15 is 0 Å². The molecule has 272 valence electrons. The first-order valence-corrected chi connectivity index (χ1v) is 17.9. The zero-order chi connectivity index (χ0) is 36.0. The lowest BCUT2D eigenvalue weighted by molar-refractivity contribution is -0.146. The minimum absolute atomic E-state index is 0.0120. The van der Waals surface area contributed by atoms with E-state index in [1.54, 1.807) is 13.8 Å². The van der Waals surface area contributed by atoms with Gasteiger partial charge in [0.25, 0.3) is 0 Å². The van der Waals surface area contributed by atoms with Gasteiger partial charge in [0.1, 0.15) is 29.9 Å². The number of ether oxygens (including phenoxy) is 4. The van der Waals surface area contributed by atoms with Gasteiger partial charge in [-0.2, -0.15) is 9.97 Å². The van der Waals surface area contributed by atoms with Crippen molar-refractivity contribution in [2.45, 2.75) is 117 Å². The summed E-state index contributed by atoms with van der Waals surface area (Å²) in [5.74, 6) is -1.29. The zero-order valence-corrected chi connectivity index (χ0v) is 30.1. The summed E-state index contributed by atoms with van der Waals surface area (Å²) < 4.78 is 44.2. The van der Waals surface area contributed by atoms with Crippen LogP contribution in [-0.4, -0.2) is 97.5 Å². The highest BCUT2D eigenvalue weighted by molar-refractivity contribution is 7.54. The number of nitrogen functional groups attached to an aromatic ring is 1. The molecule has 2 aromatic rings. The lowest BCUT2D eigenvalue weighted by Gasteiger charge is -2.30. The van der Waals surface area contributed by atoms with Crippen molar-refractivity contribution in [3.05, 3.63) is 6.33 Å². The molecule has 1 aliphatic heterocycles. The molecule has 1 unspecified atom stereocenters. The molecule has 0 bridgehead atoms. The number of hydrogen-bond acceptors (Lipinski definition) is 14. The second kappa shape index (κ2) is 16.7.